The number of nitrogens with zero attached hydrogens (tertiary/aromatic N) is 1. The number of aromatic nitrogens is 1. The fraction of sp³-hybridized carbons (Fsp3) is 0.121. The molecule has 5 rings (SSSR count). The lowest BCUT2D eigenvalue weighted by atomic mass is 9.82. The lowest BCUT2D eigenvalue weighted by Crippen LogP contribution is -2.31. The first-order chi connectivity index (χ1) is 17.6. The smallest absolute Gasteiger partial charge is 0.120 e. The van der Waals surface area contributed by atoms with Gasteiger partial charge in [0.25, 0.3) is 0 Å². The largest absolute Gasteiger partial charge is 0.380 e. The Morgan fingerprint density at radius 3 is 1.25 bits per heavy atom. The first-order valence-corrected chi connectivity index (χ1v) is 12.6. The zero-order chi connectivity index (χ0) is 24.8. The van der Waals surface area contributed by atoms with Crippen LogP contribution >= 0.6 is 12.6 Å². The Labute approximate surface area is 218 Å². The van der Waals surface area contributed by atoms with Gasteiger partial charge in [-0.2, -0.15) is 12.6 Å². The quantitative estimate of drug-likeness (QED) is 0.232. The van der Waals surface area contributed by atoms with E-state index in [2.05, 4.69) is 24.3 Å². The van der Waals surface area contributed by atoms with E-state index in [1.165, 1.54) is 0 Å². The van der Waals surface area contributed by atoms with Gasteiger partial charge in [-0.15, -0.1) is 0 Å². The van der Waals surface area contributed by atoms with E-state index in [0.717, 1.165) is 33.6 Å². The minimum atomic E-state index is -1.19. The van der Waals surface area contributed by atoms with Gasteiger partial charge >= 0.3 is 0 Å². The van der Waals surface area contributed by atoms with Gasteiger partial charge in [0.2, 0.25) is 0 Å². The normalized spacial score (nSPS) is 11.8. The summed E-state index contributed by atoms with van der Waals surface area (Å²) in [5.74, 6) is 0. The van der Waals surface area contributed by atoms with Crippen molar-refractivity contribution in [1.82, 2.24) is 4.98 Å². The van der Waals surface area contributed by atoms with E-state index in [1.54, 1.807) is 0 Å². The summed E-state index contributed by atoms with van der Waals surface area (Å²) in [6.45, 7) is 0. The van der Waals surface area contributed by atoms with E-state index in [0.29, 0.717) is 12.8 Å². The van der Waals surface area contributed by atoms with Gasteiger partial charge in [-0.25, -0.2) is 0 Å². The van der Waals surface area contributed by atoms with E-state index in [9.17, 15) is 5.11 Å². The SMILES string of the molecule is OC(Cc1cccc(CC(S)(c2ccccc2)c2ccccc2)n1)(c1ccccc1)c1ccccc1. The molecular formula is C33H29NOS. The highest BCUT2D eigenvalue weighted by Gasteiger charge is 2.34. The predicted molar refractivity (Wildman–Crippen MR) is 150 cm³/mol. The van der Waals surface area contributed by atoms with Crippen molar-refractivity contribution in [2.45, 2.75) is 23.2 Å². The molecule has 178 valence electrons. The molecule has 36 heavy (non-hydrogen) atoms. The average molecular weight is 488 g/mol. The van der Waals surface area contributed by atoms with Crippen LogP contribution in [0.3, 0.4) is 0 Å². The van der Waals surface area contributed by atoms with Crippen LogP contribution in [0.25, 0.3) is 0 Å². The van der Waals surface area contributed by atoms with Crippen LogP contribution in [-0.4, -0.2) is 10.1 Å². The van der Waals surface area contributed by atoms with Crippen molar-refractivity contribution in [1.29, 1.82) is 0 Å². The van der Waals surface area contributed by atoms with Crippen molar-refractivity contribution >= 4 is 12.6 Å². The summed E-state index contributed by atoms with van der Waals surface area (Å²) < 4.78 is -0.538. The van der Waals surface area contributed by atoms with Crippen LogP contribution in [0, 0.1) is 0 Å². The van der Waals surface area contributed by atoms with E-state index >= 15 is 0 Å². The van der Waals surface area contributed by atoms with Gasteiger partial charge in [0, 0.05) is 24.2 Å². The molecule has 2 nitrogen and oxygen atoms in total. The van der Waals surface area contributed by atoms with Gasteiger partial charge in [0.05, 0.1) is 4.75 Å². The van der Waals surface area contributed by atoms with Crippen LogP contribution in [0.5, 0.6) is 0 Å². The molecule has 0 saturated heterocycles. The molecule has 0 saturated carbocycles. The maximum Gasteiger partial charge on any atom is 0.120 e. The second-order valence-electron chi connectivity index (χ2n) is 9.16. The number of aliphatic hydroxyl groups is 1. The van der Waals surface area contributed by atoms with Crippen molar-refractivity contribution in [2.24, 2.45) is 0 Å². The molecule has 3 heteroatoms. The summed E-state index contributed by atoms with van der Waals surface area (Å²) in [7, 11) is 0. The molecule has 0 atom stereocenters. The summed E-state index contributed by atoms with van der Waals surface area (Å²) in [4.78, 5) is 5.04. The first-order valence-electron chi connectivity index (χ1n) is 12.2. The molecule has 0 radical (unpaired) electrons. The van der Waals surface area contributed by atoms with Crippen LogP contribution in [0.4, 0.5) is 0 Å². The van der Waals surface area contributed by atoms with Crippen molar-refractivity contribution in [3.05, 3.63) is 173 Å². The number of rotatable bonds is 8. The predicted octanol–water partition coefficient (Wildman–Crippen LogP) is 6.98. The molecule has 0 spiro atoms. The van der Waals surface area contributed by atoms with Gasteiger partial charge in [-0.1, -0.05) is 127 Å². The Morgan fingerprint density at radius 1 is 0.472 bits per heavy atom. The van der Waals surface area contributed by atoms with E-state index in [4.69, 9.17) is 17.6 Å². The third-order valence-electron chi connectivity index (χ3n) is 6.74. The van der Waals surface area contributed by atoms with Gasteiger partial charge in [-0.3, -0.25) is 4.98 Å². The number of thiol groups is 1. The van der Waals surface area contributed by atoms with Crippen molar-refractivity contribution < 1.29 is 5.11 Å². The summed E-state index contributed by atoms with van der Waals surface area (Å²) in [5, 5.41) is 12.0. The van der Waals surface area contributed by atoms with Crippen LogP contribution in [0.15, 0.2) is 140 Å². The maximum absolute atomic E-state index is 12.0. The molecule has 0 aliphatic carbocycles. The fourth-order valence-corrected chi connectivity index (χ4v) is 5.31. The Bertz CT molecular complexity index is 1200. The maximum atomic E-state index is 12.0. The molecule has 0 amide bonds. The first kappa shape index (κ1) is 24.1. The van der Waals surface area contributed by atoms with E-state index < -0.39 is 10.3 Å². The molecule has 1 N–H and O–H groups in total. The van der Waals surface area contributed by atoms with Gasteiger partial charge < -0.3 is 5.11 Å². The lowest BCUT2D eigenvalue weighted by molar-refractivity contribution is 0.0800. The lowest BCUT2D eigenvalue weighted by Gasteiger charge is -2.31. The Kier molecular flexibility index (Phi) is 7.04. The summed E-state index contributed by atoms with van der Waals surface area (Å²) in [6, 6.07) is 46.4. The van der Waals surface area contributed by atoms with Crippen molar-refractivity contribution in [3.8, 4) is 0 Å². The zero-order valence-corrected chi connectivity index (χ0v) is 20.9. The zero-order valence-electron chi connectivity index (χ0n) is 20.0. The minimum Gasteiger partial charge on any atom is -0.380 e. The fourth-order valence-electron chi connectivity index (χ4n) is 4.85. The van der Waals surface area contributed by atoms with Crippen LogP contribution in [-0.2, 0) is 23.2 Å². The number of pyridine rings is 1. The van der Waals surface area contributed by atoms with E-state index in [-0.39, 0.29) is 0 Å². The Balaban J connectivity index is 1.52. The van der Waals surface area contributed by atoms with Crippen LogP contribution < -0.4 is 0 Å². The van der Waals surface area contributed by atoms with Gasteiger partial charge in [-0.05, 0) is 34.4 Å². The molecule has 0 fully saturated rings. The summed E-state index contributed by atoms with van der Waals surface area (Å²) >= 11 is 5.25. The molecule has 0 unspecified atom stereocenters. The van der Waals surface area contributed by atoms with Crippen LogP contribution in [0.1, 0.15) is 33.6 Å². The highest BCUT2D eigenvalue weighted by atomic mass is 32.1. The number of hydrogen-bond acceptors (Lipinski definition) is 3. The molecule has 0 bridgehead atoms. The molecule has 1 heterocycles. The third-order valence-corrected chi connectivity index (χ3v) is 7.42. The van der Waals surface area contributed by atoms with Crippen LogP contribution in [0.2, 0.25) is 0 Å². The number of hydrogen-bond donors (Lipinski definition) is 2. The highest BCUT2D eigenvalue weighted by Crippen LogP contribution is 2.39. The standard InChI is InChI=1S/C33H29NOS/c35-32(26-14-5-1-6-15-26,27-16-7-2-8-17-27)24-30-22-13-23-31(34-30)25-33(36,28-18-9-3-10-19-28)29-20-11-4-12-21-29/h1-23,35-36H,24-25H2. The Morgan fingerprint density at radius 2 is 0.833 bits per heavy atom. The number of benzene rings is 4. The molecular weight excluding hydrogens is 458 g/mol. The molecule has 0 aliphatic rings. The van der Waals surface area contributed by atoms with Crippen molar-refractivity contribution in [2.75, 3.05) is 0 Å². The highest BCUT2D eigenvalue weighted by molar-refractivity contribution is 7.81. The minimum absolute atomic E-state index is 0.366. The average Bonchev–Trinajstić information content (AvgIpc) is 2.95. The molecule has 4 aromatic carbocycles. The topological polar surface area (TPSA) is 33.1 Å². The molecule has 0 aliphatic heterocycles. The summed E-state index contributed by atoms with van der Waals surface area (Å²) in [5.41, 5.74) is 4.51. The monoisotopic (exact) mass is 487 g/mol. The second-order valence-corrected chi connectivity index (χ2v) is 9.92. The Hall–Kier alpha value is -3.66. The van der Waals surface area contributed by atoms with Gasteiger partial charge in [0.15, 0.2) is 0 Å². The summed E-state index contributed by atoms with van der Waals surface area (Å²) in [6.07, 6.45) is 0.984. The third kappa shape index (κ3) is 4.99. The van der Waals surface area contributed by atoms with E-state index in [1.807, 2.05) is 115 Å². The van der Waals surface area contributed by atoms with Gasteiger partial charge in [0.1, 0.15) is 5.60 Å². The molecule has 1 aromatic heterocycles. The second kappa shape index (κ2) is 10.5. The molecule has 5 aromatic rings. The van der Waals surface area contributed by atoms with Crippen molar-refractivity contribution in [3.63, 3.8) is 0 Å².